The molecule has 2 aromatic rings. The van der Waals surface area contributed by atoms with Crippen LogP contribution >= 0.6 is 0 Å². The number of rotatable bonds is 8. The maximum Gasteiger partial charge on any atom is 0.166 e. The molecule has 2 aromatic carbocycles. The summed E-state index contributed by atoms with van der Waals surface area (Å²) in [6.45, 7) is 3.07. The smallest absolute Gasteiger partial charge is 0.166 e. The van der Waals surface area contributed by atoms with Crippen LogP contribution in [-0.2, 0) is 9.47 Å². The zero-order valence-corrected chi connectivity index (χ0v) is 16.8. The third-order valence-corrected chi connectivity index (χ3v) is 5.30. The minimum absolute atomic E-state index is 0.0154. The number of hydrogen-bond donors (Lipinski definition) is 0. The number of unbranched alkanes of at least 4 members (excludes halogenated alkanes) is 2. The Kier molecular flexibility index (Phi) is 7.56. The summed E-state index contributed by atoms with van der Waals surface area (Å²) in [5.41, 5.74) is 0.554. The normalized spacial score (nSPS) is 19.3. The molecule has 1 fully saturated rings. The summed E-state index contributed by atoms with van der Waals surface area (Å²) in [4.78, 5) is 0. The highest BCUT2D eigenvalue weighted by molar-refractivity contribution is 5.66. The monoisotopic (exact) mass is 408 g/mol. The lowest BCUT2D eigenvalue weighted by atomic mass is 9.90. The summed E-state index contributed by atoms with van der Waals surface area (Å²) in [5, 5.41) is 0. The number of halogens is 3. The molecule has 0 spiro atoms. The Morgan fingerprint density at radius 1 is 1.03 bits per heavy atom. The molecule has 0 N–H and O–H groups in total. The largest absolute Gasteiger partial charge is 0.494 e. The Balaban J connectivity index is 1.68. The van der Waals surface area contributed by atoms with Gasteiger partial charge in [0.15, 0.2) is 29.5 Å². The molecule has 1 heterocycles. The zero-order valence-electron chi connectivity index (χ0n) is 16.8. The average Bonchev–Trinajstić information content (AvgIpc) is 2.74. The maximum atomic E-state index is 14.8. The Bertz CT molecular complexity index is 817. The van der Waals surface area contributed by atoms with Gasteiger partial charge in [-0.15, -0.1) is 0 Å². The molecule has 0 aromatic heterocycles. The molecular weight excluding hydrogens is 381 g/mol. The standard InChI is InChI=1S/C23H27F3O3/c1-3-4-5-12-28-21-11-7-16(14-29-21)18-9-8-17(22(25)23(18)26)15-6-10-20(27-2)19(24)13-15/h6,8-10,13,16,21H,3-5,7,11-12,14H2,1-2H3. The maximum absolute atomic E-state index is 14.8. The lowest BCUT2D eigenvalue weighted by Crippen LogP contribution is -2.28. The molecule has 158 valence electrons. The van der Waals surface area contributed by atoms with E-state index in [4.69, 9.17) is 14.2 Å². The Morgan fingerprint density at radius 2 is 1.86 bits per heavy atom. The molecule has 2 atom stereocenters. The number of hydrogen-bond acceptors (Lipinski definition) is 3. The molecule has 0 saturated carbocycles. The zero-order chi connectivity index (χ0) is 20.8. The van der Waals surface area contributed by atoms with Gasteiger partial charge in [0.25, 0.3) is 0 Å². The highest BCUT2D eigenvalue weighted by Gasteiger charge is 2.27. The molecule has 6 heteroatoms. The van der Waals surface area contributed by atoms with E-state index >= 15 is 0 Å². The van der Waals surface area contributed by atoms with Crippen molar-refractivity contribution in [2.24, 2.45) is 0 Å². The summed E-state index contributed by atoms with van der Waals surface area (Å²) in [6, 6.07) is 7.09. The van der Waals surface area contributed by atoms with Crippen molar-refractivity contribution in [3.63, 3.8) is 0 Å². The van der Waals surface area contributed by atoms with E-state index in [2.05, 4.69) is 6.92 Å². The van der Waals surface area contributed by atoms with Crippen molar-refractivity contribution < 1.29 is 27.4 Å². The molecule has 3 nitrogen and oxygen atoms in total. The van der Waals surface area contributed by atoms with Crippen molar-refractivity contribution in [1.82, 2.24) is 0 Å². The molecule has 0 amide bonds. The third kappa shape index (κ3) is 5.11. The molecule has 0 aliphatic carbocycles. The van der Waals surface area contributed by atoms with Gasteiger partial charge in [-0.25, -0.2) is 13.2 Å². The summed E-state index contributed by atoms with van der Waals surface area (Å²) in [5.74, 6) is -2.70. The molecule has 29 heavy (non-hydrogen) atoms. The van der Waals surface area contributed by atoms with Crippen LogP contribution in [-0.4, -0.2) is 26.6 Å². The highest BCUT2D eigenvalue weighted by Crippen LogP contribution is 2.35. The van der Waals surface area contributed by atoms with Crippen LogP contribution in [0.5, 0.6) is 5.75 Å². The van der Waals surface area contributed by atoms with E-state index in [1.165, 1.54) is 25.3 Å². The SMILES string of the molecule is CCCCCOC1CCC(c2ccc(-c3ccc(OC)c(F)c3)c(F)c2F)CO1. The Morgan fingerprint density at radius 3 is 2.52 bits per heavy atom. The first-order valence-electron chi connectivity index (χ1n) is 10.1. The predicted octanol–water partition coefficient (Wildman–Crippen LogP) is 6.21. The summed E-state index contributed by atoms with van der Waals surface area (Å²) in [6.07, 6.45) is 4.25. The van der Waals surface area contributed by atoms with Crippen LogP contribution in [0.1, 0.15) is 50.5 Å². The molecule has 2 unspecified atom stereocenters. The minimum Gasteiger partial charge on any atom is -0.494 e. The van der Waals surface area contributed by atoms with Crippen molar-refractivity contribution in [2.75, 3.05) is 20.3 Å². The average molecular weight is 408 g/mol. The van der Waals surface area contributed by atoms with Gasteiger partial charge in [-0.3, -0.25) is 0 Å². The first-order valence-corrected chi connectivity index (χ1v) is 10.1. The minimum atomic E-state index is -0.981. The van der Waals surface area contributed by atoms with Crippen LogP contribution in [0.3, 0.4) is 0 Å². The lowest BCUT2D eigenvalue weighted by Gasteiger charge is -2.29. The lowest BCUT2D eigenvalue weighted by molar-refractivity contribution is -0.168. The van der Waals surface area contributed by atoms with Crippen molar-refractivity contribution in [3.05, 3.63) is 53.3 Å². The number of methoxy groups -OCH3 is 1. The number of benzene rings is 2. The van der Waals surface area contributed by atoms with Gasteiger partial charge < -0.3 is 14.2 Å². The fourth-order valence-electron chi connectivity index (χ4n) is 3.61. The van der Waals surface area contributed by atoms with Gasteiger partial charge in [-0.1, -0.05) is 38.0 Å². The van der Waals surface area contributed by atoms with Crippen molar-refractivity contribution >= 4 is 0 Å². The predicted molar refractivity (Wildman–Crippen MR) is 105 cm³/mol. The fourth-order valence-corrected chi connectivity index (χ4v) is 3.61. The van der Waals surface area contributed by atoms with Gasteiger partial charge in [0.2, 0.25) is 0 Å². The highest BCUT2D eigenvalue weighted by atomic mass is 19.2. The molecule has 1 aliphatic rings. The number of ether oxygens (including phenoxy) is 3. The van der Waals surface area contributed by atoms with E-state index in [1.807, 2.05) is 0 Å². The molecular formula is C23H27F3O3. The van der Waals surface area contributed by atoms with Crippen LogP contribution in [0.4, 0.5) is 13.2 Å². The second-order valence-corrected chi connectivity index (χ2v) is 7.29. The van der Waals surface area contributed by atoms with Crippen LogP contribution in [0.2, 0.25) is 0 Å². The van der Waals surface area contributed by atoms with E-state index in [0.717, 1.165) is 25.3 Å². The van der Waals surface area contributed by atoms with Gasteiger partial charge in [0.05, 0.1) is 13.7 Å². The van der Waals surface area contributed by atoms with Crippen LogP contribution in [0.15, 0.2) is 30.3 Å². The molecule has 1 aliphatic heterocycles. The van der Waals surface area contributed by atoms with Gasteiger partial charge in [-0.05, 0) is 42.5 Å². The topological polar surface area (TPSA) is 27.7 Å². The Labute approximate surface area is 169 Å². The summed E-state index contributed by atoms with van der Waals surface area (Å²) >= 11 is 0. The quantitative estimate of drug-likeness (QED) is 0.486. The molecule has 0 bridgehead atoms. The first-order chi connectivity index (χ1) is 14.0. The van der Waals surface area contributed by atoms with E-state index < -0.39 is 17.5 Å². The Hall–Kier alpha value is -2.05. The molecule has 0 radical (unpaired) electrons. The second-order valence-electron chi connectivity index (χ2n) is 7.29. The van der Waals surface area contributed by atoms with Gasteiger partial charge in [-0.2, -0.15) is 0 Å². The van der Waals surface area contributed by atoms with Crippen LogP contribution in [0.25, 0.3) is 11.1 Å². The van der Waals surface area contributed by atoms with Crippen molar-refractivity contribution in [1.29, 1.82) is 0 Å². The van der Waals surface area contributed by atoms with Crippen molar-refractivity contribution in [2.45, 2.75) is 51.2 Å². The van der Waals surface area contributed by atoms with Gasteiger partial charge >= 0.3 is 0 Å². The molecule has 3 rings (SSSR count). The van der Waals surface area contributed by atoms with Crippen LogP contribution in [0, 0.1) is 17.5 Å². The third-order valence-electron chi connectivity index (χ3n) is 5.30. The van der Waals surface area contributed by atoms with Crippen LogP contribution < -0.4 is 4.74 Å². The summed E-state index contributed by atoms with van der Waals surface area (Å²) < 4.78 is 59.7. The molecule has 1 saturated heterocycles. The van der Waals surface area contributed by atoms with Crippen molar-refractivity contribution in [3.8, 4) is 16.9 Å². The van der Waals surface area contributed by atoms with Gasteiger partial charge in [0.1, 0.15) is 0 Å². The van der Waals surface area contributed by atoms with E-state index in [1.54, 1.807) is 6.07 Å². The summed E-state index contributed by atoms with van der Waals surface area (Å²) in [7, 11) is 1.35. The first kappa shape index (κ1) is 21.7. The second kappa shape index (κ2) is 10.1. The fraction of sp³-hybridized carbons (Fsp3) is 0.478. The van der Waals surface area contributed by atoms with E-state index in [-0.39, 0.29) is 41.3 Å². The van der Waals surface area contributed by atoms with E-state index in [9.17, 15) is 13.2 Å². The van der Waals surface area contributed by atoms with Gasteiger partial charge in [0, 0.05) is 18.1 Å². The van der Waals surface area contributed by atoms with E-state index in [0.29, 0.717) is 19.4 Å².